The van der Waals surface area contributed by atoms with Crippen molar-refractivity contribution in [2.45, 2.75) is 72.0 Å². The van der Waals surface area contributed by atoms with Crippen LogP contribution in [0.2, 0.25) is 0 Å². The van der Waals surface area contributed by atoms with Crippen molar-refractivity contribution in [3.63, 3.8) is 0 Å². The van der Waals surface area contributed by atoms with Crippen LogP contribution in [-0.4, -0.2) is 29.6 Å². The number of fused-ring (bicyclic) bond motifs is 2. The van der Waals surface area contributed by atoms with Gasteiger partial charge in [0.25, 0.3) is 0 Å². The third-order valence-corrected chi connectivity index (χ3v) is 6.15. The van der Waals surface area contributed by atoms with Crippen LogP contribution < -0.4 is 5.32 Å². The molecule has 3 aliphatic rings. The molecular formula is C16H28N2O. The van der Waals surface area contributed by atoms with Crippen LogP contribution in [0.5, 0.6) is 0 Å². The van der Waals surface area contributed by atoms with Crippen molar-refractivity contribution in [1.29, 1.82) is 0 Å². The molecule has 0 radical (unpaired) electrons. The highest BCUT2D eigenvalue weighted by Crippen LogP contribution is 2.64. The number of carbonyl (C=O) groups is 1. The van der Waals surface area contributed by atoms with Gasteiger partial charge in [-0.05, 0) is 42.4 Å². The molecule has 4 unspecified atom stereocenters. The number of nitrogens with zero attached hydrogens (tertiary/aromatic N) is 1. The maximum atomic E-state index is 12.4. The van der Waals surface area contributed by atoms with Crippen LogP contribution >= 0.6 is 0 Å². The van der Waals surface area contributed by atoms with Gasteiger partial charge in [-0.25, -0.2) is 0 Å². The van der Waals surface area contributed by atoms with Gasteiger partial charge in [0.1, 0.15) is 0 Å². The summed E-state index contributed by atoms with van der Waals surface area (Å²) in [6.45, 7) is 9.94. The molecule has 1 aliphatic heterocycles. The van der Waals surface area contributed by atoms with Gasteiger partial charge in [-0.2, -0.15) is 0 Å². The van der Waals surface area contributed by atoms with E-state index < -0.39 is 0 Å². The maximum Gasteiger partial charge on any atom is 0.238 e. The number of hydrogen-bond donors (Lipinski definition) is 1. The molecule has 1 amide bonds. The van der Waals surface area contributed by atoms with Crippen LogP contribution in [0.15, 0.2) is 0 Å². The first-order valence-corrected chi connectivity index (χ1v) is 7.94. The number of hydrogen-bond acceptors (Lipinski definition) is 2. The summed E-state index contributed by atoms with van der Waals surface area (Å²) >= 11 is 0. The quantitative estimate of drug-likeness (QED) is 0.850. The Morgan fingerprint density at radius 2 is 2.11 bits per heavy atom. The Kier molecular flexibility index (Phi) is 2.97. The average Bonchev–Trinajstić information content (AvgIpc) is 2.92. The molecule has 3 fully saturated rings. The summed E-state index contributed by atoms with van der Waals surface area (Å²) in [7, 11) is 0. The van der Waals surface area contributed by atoms with Gasteiger partial charge in [0.05, 0.1) is 12.7 Å². The number of nitrogens with one attached hydrogen (secondary N) is 1. The third-order valence-electron chi connectivity index (χ3n) is 6.15. The molecule has 3 heteroatoms. The first-order chi connectivity index (χ1) is 8.90. The highest BCUT2D eigenvalue weighted by molar-refractivity contribution is 5.81. The Morgan fingerprint density at radius 1 is 1.37 bits per heavy atom. The van der Waals surface area contributed by atoms with Crippen LogP contribution in [0, 0.1) is 16.7 Å². The zero-order valence-electron chi connectivity index (χ0n) is 12.8. The fourth-order valence-corrected chi connectivity index (χ4v) is 5.38. The second-order valence-electron chi connectivity index (χ2n) is 7.80. The van der Waals surface area contributed by atoms with Gasteiger partial charge in [0.2, 0.25) is 5.91 Å². The zero-order chi connectivity index (χ0) is 13.8. The minimum atomic E-state index is 0.276. The smallest absolute Gasteiger partial charge is 0.238 e. The highest BCUT2D eigenvalue weighted by Gasteiger charge is 2.63. The summed E-state index contributed by atoms with van der Waals surface area (Å²) in [6, 6.07) is 0.429. The van der Waals surface area contributed by atoms with Crippen molar-refractivity contribution < 1.29 is 4.79 Å². The van der Waals surface area contributed by atoms with E-state index in [1.54, 1.807) is 0 Å². The average molecular weight is 264 g/mol. The molecular weight excluding hydrogens is 236 g/mol. The molecule has 0 aromatic heterocycles. The molecule has 108 valence electrons. The molecule has 1 N–H and O–H groups in total. The molecule has 3 rings (SSSR count). The SMILES string of the molecule is CCCC1NCC(=O)N1C1C2(C)CCC(C2)C1(C)C. The molecule has 1 heterocycles. The van der Waals surface area contributed by atoms with E-state index in [2.05, 4.69) is 37.9 Å². The van der Waals surface area contributed by atoms with Crippen molar-refractivity contribution in [1.82, 2.24) is 10.2 Å². The number of rotatable bonds is 3. The molecule has 19 heavy (non-hydrogen) atoms. The van der Waals surface area contributed by atoms with Gasteiger partial charge in [0, 0.05) is 6.04 Å². The Labute approximate surface area is 117 Å². The topological polar surface area (TPSA) is 32.3 Å². The third kappa shape index (κ3) is 1.77. The van der Waals surface area contributed by atoms with Crippen molar-refractivity contribution in [2.75, 3.05) is 6.54 Å². The molecule has 2 aliphatic carbocycles. The van der Waals surface area contributed by atoms with E-state index in [0.717, 1.165) is 18.8 Å². The van der Waals surface area contributed by atoms with Gasteiger partial charge in [-0.15, -0.1) is 0 Å². The molecule has 2 saturated carbocycles. The van der Waals surface area contributed by atoms with Gasteiger partial charge < -0.3 is 4.90 Å². The van der Waals surface area contributed by atoms with Crippen LogP contribution in [0.25, 0.3) is 0 Å². The van der Waals surface area contributed by atoms with E-state index in [0.29, 0.717) is 23.9 Å². The lowest BCUT2D eigenvalue weighted by Crippen LogP contribution is -2.56. The normalized spacial score (nSPS) is 44.3. The summed E-state index contributed by atoms with van der Waals surface area (Å²) in [6.07, 6.45) is 6.46. The largest absolute Gasteiger partial charge is 0.322 e. The molecule has 0 aromatic carbocycles. The lowest BCUT2D eigenvalue weighted by Gasteiger charge is -2.49. The van der Waals surface area contributed by atoms with Crippen molar-refractivity contribution in [3.05, 3.63) is 0 Å². The zero-order valence-corrected chi connectivity index (χ0v) is 12.8. The van der Waals surface area contributed by atoms with Gasteiger partial charge in [-0.1, -0.05) is 34.1 Å². The van der Waals surface area contributed by atoms with Gasteiger partial charge >= 0.3 is 0 Å². The Bertz CT molecular complexity index is 387. The van der Waals surface area contributed by atoms with Crippen molar-refractivity contribution >= 4 is 5.91 Å². The molecule has 3 nitrogen and oxygen atoms in total. The molecule has 4 atom stereocenters. The lowest BCUT2D eigenvalue weighted by atomic mass is 9.67. The van der Waals surface area contributed by atoms with Gasteiger partial charge in [0.15, 0.2) is 0 Å². The number of carbonyl (C=O) groups excluding carboxylic acids is 1. The van der Waals surface area contributed by atoms with E-state index in [1.807, 2.05) is 0 Å². The molecule has 0 aromatic rings. The van der Waals surface area contributed by atoms with Gasteiger partial charge in [-0.3, -0.25) is 10.1 Å². The standard InChI is InChI=1S/C16H28N2O/c1-5-6-12-17-10-13(19)18(12)14-15(2,3)11-7-8-16(14,4)9-11/h11-12,14,17H,5-10H2,1-4H3. The molecule has 0 spiro atoms. The summed E-state index contributed by atoms with van der Waals surface area (Å²) in [5.74, 6) is 1.13. The van der Waals surface area contributed by atoms with Crippen LogP contribution in [-0.2, 0) is 4.79 Å². The van der Waals surface area contributed by atoms with Crippen molar-refractivity contribution in [2.24, 2.45) is 16.7 Å². The minimum absolute atomic E-state index is 0.276. The second-order valence-corrected chi connectivity index (χ2v) is 7.80. The second kappa shape index (κ2) is 4.21. The van der Waals surface area contributed by atoms with Crippen LogP contribution in [0.1, 0.15) is 59.8 Å². The monoisotopic (exact) mass is 264 g/mol. The van der Waals surface area contributed by atoms with Crippen LogP contribution in [0.3, 0.4) is 0 Å². The Balaban J connectivity index is 1.93. The summed E-state index contributed by atoms with van der Waals surface area (Å²) in [5.41, 5.74) is 0.627. The molecule has 2 bridgehead atoms. The number of amides is 1. The van der Waals surface area contributed by atoms with E-state index in [9.17, 15) is 4.79 Å². The summed E-state index contributed by atoms with van der Waals surface area (Å²) in [4.78, 5) is 14.7. The Morgan fingerprint density at radius 3 is 2.68 bits per heavy atom. The van der Waals surface area contributed by atoms with Crippen molar-refractivity contribution in [3.8, 4) is 0 Å². The first-order valence-electron chi connectivity index (χ1n) is 7.94. The first kappa shape index (κ1) is 13.4. The summed E-state index contributed by atoms with van der Waals surface area (Å²) < 4.78 is 0. The van der Waals surface area contributed by atoms with E-state index in [-0.39, 0.29) is 11.6 Å². The van der Waals surface area contributed by atoms with E-state index >= 15 is 0 Å². The molecule has 1 saturated heterocycles. The lowest BCUT2D eigenvalue weighted by molar-refractivity contribution is -0.137. The van der Waals surface area contributed by atoms with Crippen LogP contribution in [0.4, 0.5) is 0 Å². The summed E-state index contributed by atoms with van der Waals surface area (Å²) in [5, 5.41) is 3.43. The predicted molar refractivity (Wildman–Crippen MR) is 76.6 cm³/mol. The van der Waals surface area contributed by atoms with E-state index in [4.69, 9.17) is 0 Å². The fraction of sp³-hybridized carbons (Fsp3) is 0.938. The Hall–Kier alpha value is -0.570. The maximum absolute atomic E-state index is 12.4. The fourth-order valence-electron chi connectivity index (χ4n) is 5.38. The minimum Gasteiger partial charge on any atom is -0.322 e. The highest BCUT2D eigenvalue weighted by atomic mass is 16.2. The van der Waals surface area contributed by atoms with E-state index in [1.165, 1.54) is 19.3 Å². The predicted octanol–water partition coefficient (Wildman–Crippen LogP) is 2.76.